The molecule has 0 unspecified atom stereocenters. The summed E-state index contributed by atoms with van der Waals surface area (Å²) < 4.78 is 37.7. The molecule has 0 aliphatic carbocycles. The quantitative estimate of drug-likeness (QED) is 0.547. The number of nitrogens with one attached hydrogen (secondary N) is 2. The second-order valence-electron chi connectivity index (χ2n) is 5.70. The van der Waals surface area contributed by atoms with Gasteiger partial charge in [-0.25, -0.2) is 12.8 Å². The maximum atomic E-state index is 13.2. The van der Waals surface area contributed by atoms with Gasteiger partial charge in [-0.05, 0) is 43.2 Å². The van der Waals surface area contributed by atoms with Gasteiger partial charge >= 0.3 is 0 Å². The lowest BCUT2D eigenvalue weighted by molar-refractivity contribution is 0.596. The summed E-state index contributed by atoms with van der Waals surface area (Å²) in [5.41, 5.74) is 0.889. The first-order chi connectivity index (χ1) is 12.5. The molecule has 0 radical (unpaired) electrons. The normalized spacial score (nSPS) is 12.0. The summed E-state index contributed by atoms with van der Waals surface area (Å²) in [6, 6.07) is 14.8. The van der Waals surface area contributed by atoms with Crippen LogP contribution in [0.15, 0.2) is 64.5 Å². The number of guanidine groups is 1. The van der Waals surface area contributed by atoms with Crippen LogP contribution >= 0.6 is 0 Å². The molecule has 0 atom stereocenters. The van der Waals surface area contributed by atoms with Crippen LogP contribution in [0.25, 0.3) is 0 Å². The summed E-state index contributed by atoms with van der Waals surface area (Å²) in [5.74, 6) is 0.235. The Morgan fingerprint density at radius 2 is 1.85 bits per heavy atom. The number of benzene rings is 2. The molecular weight excluding hydrogens is 353 g/mol. The smallest absolute Gasteiger partial charge is 0.191 e. The van der Waals surface area contributed by atoms with Gasteiger partial charge in [-0.1, -0.05) is 30.3 Å². The molecule has 2 aromatic rings. The Balaban J connectivity index is 1.88. The van der Waals surface area contributed by atoms with Gasteiger partial charge in [0, 0.05) is 13.1 Å². The van der Waals surface area contributed by atoms with Crippen molar-refractivity contribution in [1.29, 1.82) is 0 Å². The van der Waals surface area contributed by atoms with Crippen molar-refractivity contribution in [3.05, 3.63) is 66.0 Å². The Bertz CT molecular complexity index is 824. The molecule has 0 aliphatic heterocycles. The van der Waals surface area contributed by atoms with Crippen LogP contribution in [0.4, 0.5) is 4.39 Å². The topological polar surface area (TPSA) is 70.6 Å². The van der Waals surface area contributed by atoms with E-state index in [1.165, 1.54) is 12.1 Å². The summed E-state index contributed by atoms with van der Waals surface area (Å²) in [7, 11) is -3.34. The molecule has 0 amide bonds. The molecule has 0 bridgehead atoms. The van der Waals surface area contributed by atoms with Gasteiger partial charge < -0.3 is 10.6 Å². The first-order valence-electron chi connectivity index (χ1n) is 8.55. The Morgan fingerprint density at radius 1 is 1.08 bits per heavy atom. The largest absolute Gasteiger partial charge is 0.357 e. The van der Waals surface area contributed by atoms with E-state index in [0.717, 1.165) is 5.56 Å². The molecule has 2 N–H and O–H groups in total. The third-order valence-electron chi connectivity index (χ3n) is 3.67. The maximum absolute atomic E-state index is 13.2. The van der Waals surface area contributed by atoms with Crippen molar-refractivity contribution in [3.63, 3.8) is 0 Å². The van der Waals surface area contributed by atoms with Gasteiger partial charge in [0.25, 0.3) is 0 Å². The fraction of sp³-hybridized carbons (Fsp3) is 0.316. The number of halogens is 1. The molecule has 0 saturated carbocycles. The van der Waals surface area contributed by atoms with Crippen molar-refractivity contribution in [2.45, 2.75) is 18.2 Å². The molecule has 0 saturated heterocycles. The van der Waals surface area contributed by atoms with Crippen LogP contribution in [0.2, 0.25) is 0 Å². The van der Waals surface area contributed by atoms with E-state index < -0.39 is 9.84 Å². The van der Waals surface area contributed by atoms with Gasteiger partial charge in [0.15, 0.2) is 15.8 Å². The van der Waals surface area contributed by atoms with Crippen LogP contribution in [-0.4, -0.2) is 39.8 Å². The standard InChI is InChI=1S/C19H24FN3O2S/c1-2-21-19(22-12-11-16-7-6-8-17(20)15-16)23-13-14-26(24,25)18-9-4-3-5-10-18/h3-10,15H,2,11-14H2,1H3,(H2,21,22,23). The van der Waals surface area contributed by atoms with Crippen molar-refractivity contribution >= 4 is 15.8 Å². The summed E-state index contributed by atoms with van der Waals surface area (Å²) in [5, 5.41) is 6.21. The van der Waals surface area contributed by atoms with Crippen LogP contribution in [0.1, 0.15) is 12.5 Å². The Hall–Kier alpha value is -2.41. The van der Waals surface area contributed by atoms with Gasteiger partial charge in [0.1, 0.15) is 5.82 Å². The van der Waals surface area contributed by atoms with Crippen molar-refractivity contribution in [2.75, 3.05) is 25.4 Å². The summed E-state index contributed by atoms with van der Waals surface area (Å²) in [6.07, 6.45) is 0.643. The predicted molar refractivity (Wildman–Crippen MR) is 103 cm³/mol. The van der Waals surface area contributed by atoms with E-state index in [1.54, 1.807) is 36.4 Å². The number of hydrogen-bond acceptors (Lipinski definition) is 3. The predicted octanol–water partition coefficient (Wildman–Crippen LogP) is 2.40. The summed E-state index contributed by atoms with van der Waals surface area (Å²) in [4.78, 5) is 4.62. The van der Waals surface area contributed by atoms with Gasteiger partial charge in [0.05, 0.1) is 17.2 Å². The maximum Gasteiger partial charge on any atom is 0.191 e. The molecule has 0 spiro atoms. The minimum absolute atomic E-state index is 0.0581. The molecule has 26 heavy (non-hydrogen) atoms. The van der Waals surface area contributed by atoms with Crippen LogP contribution in [0.3, 0.4) is 0 Å². The summed E-state index contributed by atoms with van der Waals surface area (Å²) in [6.45, 7) is 3.33. The number of sulfone groups is 1. The van der Waals surface area contributed by atoms with Crippen molar-refractivity contribution in [2.24, 2.45) is 4.99 Å². The van der Waals surface area contributed by atoms with E-state index >= 15 is 0 Å². The Labute approximate surface area is 154 Å². The minimum atomic E-state index is -3.34. The molecule has 7 heteroatoms. The van der Waals surface area contributed by atoms with Crippen molar-refractivity contribution in [3.8, 4) is 0 Å². The third-order valence-corrected chi connectivity index (χ3v) is 5.38. The molecule has 140 valence electrons. The number of rotatable bonds is 8. The van der Waals surface area contributed by atoms with E-state index in [1.807, 2.05) is 13.0 Å². The molecule has 0 fully saturated rings. The monoisotopic (exact) mass is 377 g/mol. The van der Waals surface area contributed by atoms with E-state index in [2.05, 4.69) is 15.6 Å². The van der Waals surface area contributed by atoms with E-state index in [0.29, 0.717) is 30.4 Å². The average molecular weight is 377 g/mol. The average Bonchev–Trinajstić information content (AvgIpc) is 2.62. The van der Waals surface area contributed by atoms with Crippen LogP contribution in [0.5, 0.6) is 0 Å². The highest BCUT2D eigenvalue weighted by molar-refractivity contribution is 7.91. The fourth-order valence-electron chi connectivity index (χ4n) is 2.38. The first-order valence-corrected chi connectivity index (χ1v) is 10.2. The SMILES string of the molecule is CCNC(=NCCS(=O)(=O)c1ccccc1)NCCc1cccc(F)c1. The number of nitrogens with zero attached hydrogens (tertiary/aromatic N) is 1. The van der Waals surface area contributed by atoms with Gasteiger partial charge in [-0.2, -0.15) is 0 Å². The molecule has 0 aliphatic rings. The van der Waals surface area contributed by atoms with Gasteiger partial charge in [0.2, 0.25) is 0 Å². The summed E-state index contributed by atoms with van der Waals surface area (Å²) >= 11 is 0. The molecule has 0 heterocycles. The lowest BCUT2D eigenvalue weighted by atomic mass is 10.1. The van der Waals surface area contributed by atoms with Crippen LogP contribution in [-0.2, 0) is 16.3 Å². The Kier molecular flexibility index (Phi) is 7.59. The molecule has 5 nitrogen and oxygen atoms in total. The first kappa shape index (κ1) is 19.9. The molecule has 0 aromatic heterocycles. The third kappa shape index (κ3) is 6.48. The van der Waals surface area contributed by atoms with Crippen molar-refractivity contribution in [1.82, 2.24) is 10.6 Å². The van der Waals surface area contributed by atoms with Crippen molar-refractivity contribution < 1.29 is 12.8 Å². The number of aliphatic imine (C=N–C) groups is 1. The fourth-order valence-corrected chi connectivity index (χ4v) is 3.52. The highest BCUT2D eigenvalue weighted by atomic mass is 32.2. The van der Waals surface area contributed by atoms with Gasteiger partial charge in [-0.3, -0.25) is 4.99 Å². The Morgan fingerprint density at radius 3 is 2.54 bits per heavy atom. The zero-order valence-corrected chi connectivity index (χ0v) is 15.6. The lowest BCUT2D eigenvalue weighted by Gasteiger charge is -2.11. The van der Waals surface area contributed by atoms with E-state index in [9.17, 15) is 12.8 Å². The van der Waals surface area contributed by atoms with Crippen LogP contribution in [0, 0.1) is 5.82 Å². The highest BCUT2D eigenvalue weighted by Crippen LogP contribution is 2.09. The zero-order valence-electron chi connectivity index (χ0n) is 14.8. The molecule has 2 rings (SSSR count). The lowest BCUT2D eigenvalue weighted by Crippen LogP contribution is -2.38. The molecular formula is C19H24FN3O2S. The molecule has 2 aromatic carbocycles. The zero-order chi connectivity index (χ0) is 18.8. The minimum Gasteiger partial charge on any atom is -0.357 e. The van der Waals surface area contributed by atoms with E-state index in [4.69, 9.17) is 0 Å². The second kappa shape index (κ2) is 9.91. The van der Waals surface area contributed by atoms with E-state index in [-0.39, 0.29) is 18.1 Å². The van der Waals surface area contributed by atoms with Crippen LogP contribution < -0.4 is 10.6 Å². The van der Waals surface area contributed by atoms with Gasteiger partial charge in [-0.15, -0.1) is 0 Å². The number of hydrogen-bond donors (Lipinski definition) is 2. The highest BCUT2D eigenvalue weighted by Gasteiger charge is 2.13. The second-order valence-corrected chi connectivity index (χ2v) is 7.81.